The molecule has 0 saturated heterocycles. The van der Waals surface area contributed by atoms with E-state index in [9.17, 15) is 20.0 Å². The highest BCUT2D eigenvalue weighted by molar-refractivity contribution is 6.06. The van der Waals surface area contributed by atoms with Crippen molar-refractivity contribution in [2.24, 2.45) is 0 Å². The minimum absolute atomic E-state index is 0.106. The van der Waals surface area contributed by atoms with E-state index in [1.807, 2.05) is 0 Å². The molecule has 0 fully saturated rings. The van der Waals surface area contributed by atoms with Crippen molar-refractivity contribution >= 4 is 17.5 Å². The van der Waals surface area contributed by atoms with Crippen molar-refractivity contribution in [1.82, 2.24) is 20.6 Å². The van der Waals surface area contributed by atoms with Gasteiger partial charge in [0.05, 0.1) is 10.5 Å². The molecule has 0 unspecified atom stereocenters. The quantitative estimate of drug-likeness (QED) is 0.515. The fraction of sp³-hybridized carbons (Fsp3) is 0. The first-order valence-corrected chi connectivity index (χ1v) is 4.60. The molecule has 3 N–H and O–H groups in total. The Labute approximate surface area is 98.8 Å². The topological polar surface area (TPSA) is 147 Å². The predicted octanol–water partition coefficient (Wildman–Crippen LogP) is 0.0658. The number of benzene rings is 1. The molecular weight excluding hydrogens is 244 g/mol. The van der Waals surface area contributed by atoms with E-state index >= 15 is 0 Å². The molecule has 0 bridgehead atoms. The number of carbonyl (C=O) groups excluding carboxylic acids is 1. The van der Waals surface area contributed by atoms with Gasteiger partial charge in [0.2, 0.25) is 5.75 Å². The number of hydrogen-bond donors (Lipinski definition) is 3. The Morgan fingerprint density at radius 2 is 2.28 bits per heavy atom. The normalized spacial score (nSPS) is 10.0. The van der Waals surface area contributed by atoms with Crippen LogP contribution in [0.25, 0.3) is 0 Å². The van der Waals surface area contributed by atoms with E-state index < -0.39 is 22.3 Å². The molecule has 2 aromatic rings. The number of tetrazole rings is 1. The Morgan fingerprint density at radius 1 is 1.50 bits per heavy atom. The van der Waals surface area contributed by atoms with Gasteiger partial charge in [-0.3, -0.25) is 20.2 Å². The lowest BCUT2D eigenvalue weighted by molar-refractivity contribution is -0.385. The minimum Gasteiger partial charge on any atom is -0.502 e. The molecule has 92 valence electrons. The van der Waals surface area contributed by atoms with Crippen molar-refractivity contribution in [1.29, 1.82) is 0 Å². The molecular formula is C8H6N6O4. The lowest BCUT2D eigenvalue weighted by Gasteiger charge is -2.03. The average molecular weight is 250 g/mol. The number of nitrogens with zero attached hydrogens (tertiary/aromatic N) is 4. The lowest BCUT2D eigenvalue weighted by Crippen LogP contribution is -2.13. The number of para-hydroxylation sites is 1. The summed E-state index contributed by atoms with van der Waals surface area (Å²) in [4.78, 5) is 21.5. The van der Waals surface area contributed by atoms with Crippen LogP contribution in [0.3, 0.4) is 0 Å². The standard InChI is InChI=1S/C8H6N6O4/c15-6-4(2-1-3-5(6)14(17)18)7(16)9-8-10-12-13-11-8/h1-3,15H,(H2,9,10,11,12,13,16). The number of aromatic hydroxyl groups is 1. The van der Waals surface area contributed by atoms with Gasteiger partial charge in [-0.15, -0.1) is 5.10 Å². The Hall–Kier alpha value is -3.04. The Bertz CT molecular complexity index is 596. The number of hydrogen-bond acceptors (Lipinski definition) is 7. The second kappa shape index (κ2) is 4.45. The monoisotopic (exact) mass is 250 g/mol. The van der Waals surface area contributed by atoms with Gasteiger partial charge in [-0.25, -0.2) is 0 Å². The van der Waals surface area contributed by atoms with Gasteiger partial charge in [0, 0.05) is 6.07 Å². The van der Waals surface area contributed by atoms with Crippen LogP contribution in [0.15, 0.2) is 18.2 Å². The number of nitrogens with one attached hydrogen (secondary N) is 2. The van der Waals surface area contributed by atoms with Gasteiger partial charge in [-0.2, -0.15) is 5.21 Å². The maximum Gasteiger partial charge on any atom is 0.311 e. The van der Waals surface area contributed by atoms with E-state index in [1.54, 1.807) is 0 Å². The van der Waals surface area contributed by atoms with E-state index in [1.165, 1.54) is 12.1 Å². The molecule has 1 aromatic carbocycles. The number of phenols is 1. The summed E-state index contributed by atoms with van der Waals surface area (Å²) in [5.41, 5.74) is -0.815. The zero-order chi connectivity index (χ0) is 13.1. The molecule has 0 radical (unpaired) electrons. The first-order valence-electron chi connectivity index (χ1n) is 4.60. The molecule has 0 atom stereocenters. The minimum atomic E-state index is -0.791. The molecule has 0 aliphatic carbocycles. The van der Waals surface area contributed by atoms with Gasteiger partial charge >= 0.3 is 5.69 Å². The van der Waals surface area contributed by atoms with Crippen LogP contribution in [0.5, 0.6) is 5.75 Å². The zero-order valence-corrected chi connectivity index (χ0v) is 8.69. The van der Waals surface area contributed by atoms with Crippen molar-refractivity contribution in [3.05, 3.63) is 33.9 Å². The molecule has 10 heteroatoms. The first kappa shape index (κ1) is 11.4. The van der Waals surface area contributed by atoms with Gasteiger partial charge in [0.25, 0.3) is 11.9 Å². The van der Waals surface area contributed by atoms with E-state index in [-0.39, 0.29) is 11.5 Å². The third kappa shape index (κ3) is 2.07. The maximum atomic E-state index is 11.7. The van der Waals surface area contributed by atoms with Crippen molar-refractivity contribution in [3.63, 3.8) is 0 Å². The third-order valence-corrected chi connectivity index (χ3v) is 2.03. The smallest absolute Gasteiger partial charge is 0.311 e. The summed E-state index contributed by atoms with van der Waals surface area (Å²) in [6, 6.07) is 3.60. The average Bonchev–Trinajstić information content (AvgIpc) is 2.81. The van der Waals surface area contributed by atoms with Gasteiger partial charge < -0.3 is 5.11 Å². The van der Waals surface area contributed by atoms with Crippen LogP contribution in [0.1, 0.15) is 10.4 Å². The van der Waals surface area contributed by atoms with Crippen molar-refractivity contribution in [2.75, 3.05) is 5.32 Å². The van der Waals surface area contributed by atoms with Crippen molar-refractivity contribution in [3.8, 4) is 5.75 Å². The van der Waals surface area contributed by atoms with Crippen molar-refractivity contribution in [2.45, 2.75) is 0 Å². The van der Waals surface area contributed by atoms with Crippen LogP contribution in [0, 0.1) is 10.1 Å². The first-order chi connectivity index (χ1) is 8.59. The number of aromatic amines is 1. The molecule has 10 nitrogen and oxygen atoms in total. The summed E-state index contributed by atoms with van der Waals surface area (Å²) < 4.78 is 0. The zero-order valence-electron chi connectivity index (χ0n) is 8.69. The molecule has 2 rings (SSSR count). The van der Waals surface area contributed by atoms with Gasteiger partial charge in [0.15, 0.2) is 0 Å². The summed E-state index contributed by atoms with van der Waals surface area (Å²) >= 11 is 0. The molecule has 1 aromatic heterocycles. The Morgan fingerprint density at radius 3 is 2.89 bits per heavy atom. The number of nitro benzene ring substituents is 1. The number of anilines is 1. The van der Waals surface area contributed by atoms with Crippen LogP contribution < -0.4 is 5.32 Å². The largest absolute Gasteiger partial charge is 0.502 e. The second-order valence-corrected chi connectivity index (χ2v) is 3.12. The summed E-state index contributed by atoms with van der Waals surface area (Å²) in [5, 5.41) is 34.7. The second-order valence-electron chi connectivity index (χ2n) is 3.12. The Kier molecular flexibility index (Phi) is 2.83. The highest BCUT2D eigenvalue weighted by Crippen LogP contribution is 2.29. The van der Waals surface area contributed by atoms with Gasteiger partial charge in [-0.05, 0) is 11.3 Å². The number of carbonyl (C=O) groups is 1. The third-order valence-electron chi connectivity index (χ3n) is 2.03. The van der Waals surface area contributed by atoms with E-state index in [2.05, 4.69) is 25.9 Å². The predicted molar refractivity (Wildman–Crippen MR) is 56.9 cm³/mol. The molecule has 18 heavy (non-hydrogen) atoms. The molecule has 1 amide bonds. The van der Waals surface area contributed by atoms with Gasteiger partial charge in [-0.1, -0.05) is 11.2 Å². The summed E-state index contributed by atoms with van der Waals surface area (Å²) in [6.07, 6.45) is 0. The molecule has 0 spiro atoms. The highest BCUT2D eigenvalue weighted by Gasteiger charge is 2.21. The number of amides is 1. The fourth-order valence-electron chi connectivity index (χ4n) is 1.25. The number of rotatable bonds is 3. The summed E-state index contributed by atoms with van der Waals surface area (Å²) in [5.74, 6) is -1.60. The van der Waals surface area contributed by atoms with Gasteiger partial charge in [0.1, 0.15) is 0 Å². The number of H-pyrrole nitrogens is 1. The molecule has 0 aliphatic heterocycles. The molecule has 0 saturated carbocycles. The van der Waals surface area contributed by atoms with Crippen LogP contribution in [-0.4, -0.2) is 36.6 Å². The molecule has 0 aliphatic rings. The fourth-order valence-corrected chi connectivity index (χ4v) is 1.25. The summed E-state index contributed by atoms with van der Waals surface area (Å²) in [7, 11) is 0. The Balaban J connectivity index is 2.31. The van der Waals surface area contributed by atoms with Crippen molar-refractivity contribution < 1.29 is 14.8 Å². The number of aromatic nitrogens is 4. The van der Waals surface area contributed by atoms with Crippen LogP contribution in [-0.2, 0) is 0 Å². The number of phenolic OH excluding ortho intramolecular Hbond substituents is 1. The van der Waals surface area contributed by atoms with E-state index in [0.29, 0.717) is 0 Å². The summed E-state index contributed by atoms with van der Waals surface area (Å²) in [6.45, 7) is 0. The lowest BCUT2D eigenvalue weighted by atomic mass is 10.1. The van der Waals surface area contributed by atoms with E-state index in [0.717, 1.165) is 6.07 Å². The van der Waals surface area contributed by atoms with Crippen LogP contribution in [0.4, 0.5) is 11.6 Å². The maximum absolute atomic E-state index is 11.7. The molecule has 1 heterocycles. The highest BCUT2D eigenvalue weighted by atomic mass is 16.6. The van der Waals surface area contributed by atoms with E-state index in [4.69, 9.17) is 0 Å². The number of nitro groups is 1. The SMILES string of the molecule is O=C(Nc1nn[nH]n1)c1cccc([N+](=O)[O-])c1O. The van der Waals surface area contributed by atoms with Crippen LogP contribution in [0.2, 0.25) is 0 Å². The van der Waals surface area contributed by atoms with Crippen LogP contribution >= 0.6 is 0 Å².